The van der Waals surface area contributed by atoms with Crippen LogP contribution in [-0.2, 0) is 16.1 Å². The molecular weight excluding hydrogens is 372 g/mol. The fourth-order valence-electron chi connectivity index (χ4n) is 2.70. The second kappa shape index (κ2) is 9.36. The van der Waals surface area contributed by atoms with Crippen LogP contribution in [0.4, 0.5) is 10.5 Å². The monoisotopic (exact) mass is 392 g/mol. The van der Waals surface area contributed by atoms with E-state index in [2.05, 4.69) is 11.6 Å². The van der Waals surface area contributed by atoms with Gasteiger partial charge in [0, 0.05) is 17.8 Å². The van der Waals surface area contributed by atoms with Gasteiger partial charge in [0.2, 0.25) is 5.89 Å². The average Bonchev–Trinajstić information content (AvgIpc) is 3.30. The molecular formula is C22H20N2O5. The van der Waals surface area contributed by atoms with Crippen molar-refractivity contribution in [2.75, 3.05) is 18.6 Å². The Labute approximate surface area is 168 Å². The van der Waals surface area contributed by atoms with Crippen molar-refractivity contribution in [1.29, 1.82) is 0 Å². The van der Waals surface area contributed by atoms with Gasteiger partial charge in [-0.3, -0.25) is 4.90 Å². The Kier molecular flexibility index (Phi) is 6.42. The lowest BCUT2D eigenvalue weighted by Crippen LogP contribution is -2.31. The summed E-state index contributed by atoms with van der Waals surface area (Å²) in [5.74, 6) is -0.232. The summed E-state index contributed by atoms with van der Waals surface area (Å²) in [6, 6.07) is 14.2. The second-order valence-electron chi connectivity index (χ2n) is 6.04. The Morgan fingerprint density at radius 3 is 2.66 bits per heavy atom. The van der Waals surface area contributed by atoms with Crippen molar-refractivity contribution in [3.05, 3.63) is 84.8 Å². The van der Waals surface area contributed by atoms with Gasteiger partial charge in [-0.25, -0.2) is 14.6 Å². The number of esters is 1. The molecule has 7 nitrogen and oxygen atoms in total. The van der Waals surface area contributed by atoms with Crippen LogP contribution in [0.25, 0.3) is 11.5 Å². The van der Waals surface area contributed by atoms with Crippen LogP contribution in [0.5, 0.6) is 0 Å². The van der Waals surface area contributed by atoms with E-state index < -0.39 is 12.1 Å². The summed E-state index contributed by atoms with van der Waals surface area (Å²) in [6.07, 6.45) is 3.92. The summed E-state index contributed by atoms with van der Waals surface area (Å²) in [6.45, 7) is 4.01. The standard InChI is InChI=1S/C22H20N2O5/c1-3-10-24(22(26)29-15-16-7-5-4-6-8-16)19-13-17(20-23-9-11-28-20)12-18(14-19)21(25)27-2/h3-9,11-14H,1,10,15H2,2H3. The van der Waals surface area contributed by atoms with Gasteiger partial charge in [0.05, 0.1) is 18.9 Å². The maximum absolute atomic E-state index is 12.8. The van der Waals surface area contributed by atoms with Crippen LogP contribution in [0.15, 0.2) is 78.1 Å². The first-order valence-corrected chi connectivity index (χ1v) is 8.84. The molecule has 0 radical (unpaired) electrons. The summed E-state index contributed by atoms with van der Waals surface area (Å²) in [5, 5.41) is 0. The Bertz CT molecular complexity index is 984. The SMILES string of the molecule is C=CCN(C(=O)OCc1ccccc1)c1cc(C(=O)OC)cc(-c2ncco2)c1. The van der Waals surface area contributed by atoms with Crippen molar-refractivity contribution in [1.82, 2.24) is 4.98 Å². The van der Waals surface area contributed by atoms with E-state index in [1.54, 1.807) is 24.3 Å². The summed E-state index contributed by atoms with van der Waals surface area (Å²) >= 11 is 0. The number of nitrogens with zero attached hydrogens (tertiary/aromatic N) is 2. The van der Waals surface area contributed by atoms with Crippen molar-refractivity contribution < 1.29 is 23.5 Å². The molecule has 2 aromatic carbocycles. The van der Waals surface area contributed by atoms with Gasteiger partial charge in [-0.2, -0.15) is 0 Å². The number of carbonyl (C=O) groups excluding carboxylic acids is 2. The molecule has 0 atom stereocenters. The molecule has 0 spiro atoms. The first kappa shape index (κ1) is 19.9. The Morgan fingerprint density at radius 1 is 1.21 bits per heavy atom. The van der Waals surface area contributed by atoms with E-state index in [-0.39, 0.29) is 18.7 Å². The second-order valence-corrected chi connectivity index (χ2v) is 6.04. The molecule has 1 heterocycles. The quantitative estimate of drug-likeness (QED) is 0.436. The Hall–Kier alpha value is -3.87. The number of oxazole rings is 1. The number of ether oxygens (including phenoxy) is 2. The Balaban J connectivity index is 1.92. The van der Waals surface area contributed by atoms with Gasteiger partial charge in [-0.1, -0.05) is 36.4 Å². The van der Waals surface area contributed by atoms with Gasteiger partial charge >= 0.3 is 12.1 Å². The largest absolute Gasteiger partial charge is 0.465 e. The molecule has 0 N–H and O–H groups in total. The zero-order chi connectivity index (χ0) is 20.6. The molecule has 1 aromatic heterocycles. The first-order chi connectivity index (χ1) is 14.1. The van der Waals surface area contributed by atoms with E-state index in [9.17, 15) is 9.59 Å². The number of anilines is 1. The number of methoxy groups -OCH3 is 1. The molecule has 0 saturated carbocycles. The molecule has 0 aliphatic rings. The first-order valence-electron chi connectivity index (χ1n) is 8.84. The fraction of sp³-hybridized carbons (Fsp3) is 0.136. The van der Waals surface area contributed by atoms with Crippen molar-refractivity contribution in [3.8, 4) is 11.5 Å². The number of hydrogen-bond donors (Lipinski definition) is 0. The van der Waals surface area contributed by atoms with E-state index in [0.717, 1.165) is 5.56 Å². The minimum absolute atomic E-state index is 0.122. The van der Waals surface area contributed by atoms with E-state index in [1.807, 2.05) is 30.3 Å². The third-order valence-corrected chi connectivity index (χ3v) is 4.07. The molecule has 3 rings (SSSR count). The number of amides is 1. The van der Waals surface area contributed by atoms with Gasteiger partial charge in [0.25, 0.3) is 0 Å². The van der Waals surface area contributed by atoms with Gasteiger partial charge in [-0.15, -0.1) is 6.58 Å². The molecule has 148 valence electrons. The van der Waals surface area contributed by atoms with Crippen molar-refractivity contribution in [2.24, 2.45) is 0 Å². The topological polar surface area (TPSA) is 81.9 Å². The van der Waals surface area contributed by atoms with Gasteiger partial charge < -0.3 is 13.9 Å². The van der Waals surface area contributed by atoms with E-state index in [0.29, 0.717) is 17.1 Å². The molecule has 0 aliphatic heterocycles. The summed E-state index contributed by atoms with van der Waals surface area (Å²) in [5.41, 5.74) is 2.07. The number of rotatable bonds is 7. The van der Waals surface area contributed by atoms with Crippen LogP contribution >= 0.6 is 0 Å². The molecule has 3 aromatic rings. The highest BCUT2D eigenvalue weighted by Crippen LogP contribution is 2.27. The molecule has 7 heteroatoms. The van der Waals surface area contributed by atoms with Crippen LogP contribution in [0.2, 0.25) is 0 Å². The lowest BCUT2D eigenvalue weighted by atomic mass is 10.1. The molecule has 1 amide bonds. The normalized spacial score (nSPS) is 10.2. The number of aromatic nitrogens is 1. The van der Waals surface area contributed by atoms with Crippen molar-refractivity contribution in [2.45, 2.75) is 6.61 Å². The number of hydrogen-bond acceptors (Lipinski definition) is 6. The zero-order valence-corrected chi connectivity index (χ0v) is 15.9. The zero-order valence-electron chi connectivity index (χ0n) is 15.9. The maximum atomic E-state index is 12.8. The van der Waals surface area contributed by atoms with Crippen LogP contribution in [0.3, 0.4) is 0 Å². The summed E-state index contributed by atoms with van der Waals surface area (Å²) < 4.78 is 15.6. The van der Waals surface area contributed by atoms with Crippen LogP contribution in [-0.4, -0.2) is 30.7 Å². The lowest BCUT2D eigenvalue weighted by Gasteiger charge is -2.22. The van der Waals surface area contributed by atoms with E-state index >= 15 is 0 Å². The van der Waals surface area contributed by atoms with Crippen molar-refractivity contribution >= 4 is 17.7 Å². The summed E-state index contributed by atoms with van der Waals surface area (Å²) in [7, 11) is 1.29. The average molecular weight is 392 g/mol. The van der Waals surface area contributed by atoms with Gasteiger partial charge in [0.15, 0.2) is 0 Å². The molecule has 0 saturated heterocycles. The number of benzene rings is 2. The summed E-state index contributed by atoms with van der Waals surface area (Å²) in [4.78, 5) is 30.4. The van der Waals surface area contributed by atoms with E-state index in [4.69, 9.17) is 13.9 Å². The predicted molar refractivity (Wildman–Crippen MR) is 107 cm³/mol. The molecule has 0 bridgehead atoms. The fourth-order valence-corrected chi connectivity index (χ4v) is 2.70. The minimum atomic E-state index is -0.575. The molecule has 0 unspecified atom stereocenters. The predicted octanol–water partition coefficient (Wildman–Crippen LogP) is 4.46. The highest BCUT2D eigenvalue weighted by atomic mass is 16.6. The van der Waals surface area contributed by atoms with Gasteiger partial charge in [-0.05, 0) is 23.8 Å². The maximum Gasteiger partial charge on any atom is 0.414 e. The Morgan fingerprint density at radius 2 is 2.00 bits per heavy atom. The van der Waals surface area contributed by atoms with Crippen LogP contribution < -0.4 is 4.90 Å². The molecule has 0 fully saturated rings. The van der Waals surface area contributed by atoms with Crippen LogP contribution in [0, 0.1) is 0 Å². The van der Waals surface area contributed by atoms with Crippen molar-refractivity contribution in [3.63, 3.8) is 0 Å². The third kappa shape index (κ3) is 4.90. The van der Waals surface area contributed by atoms with E-state index in [1.165, 1.54) is 24.5 Å². The van der Waals surface area contributed by atoms with Crippen LogP contribution in [0.1, 0.15) is 15.9 Å². The van der Waals surface area contributed by atoms with Gasteiger partial charge in [0.1, 0.15) is 12.9 Å². The minimum Gasteiger partial charge on any atom is -0.465 e. The molecule has 0 aliphatic carbocycles. The smallest absolute Gasteiger partial charge is 0.414 e. The lowest BCUT2D eigenvalue weighted by molar-refractivity contribution is 0.0600. The molecule has 29 heavy (non-hydrogen) atoms. The highest BCUT2D eigenvalue weighted by molar-refractivity contribution is 5.95. The number of carbonyl (C=O) groups is 2. The third-order valence-electron chi connectivity index (χ3n) is 4.07. The highest BCUT2D eigenvalue weighted by Gasteiger charge is 2.20.